The van der Waals surface area contributed by atoms with E-state index in [1.807, 2.05) is 0 Å². The molecular formula is C12H22O3. The second-order valence-electron chi connectivity index (χ2n) is 3.72. The van der Waals surface area contributed by atoms with Gasteiger partial charge in [0, 0.05) is 0 Å². The minimum absolute atomic E-state index is 0.251. The lowest BCUT2D eigenvalue weighted by atomic mass is 10.1. The maximum absolute atomic E-state index is 11.1. The molecule has 0 aromatic carbocycles. The number of aliphatic hydroxyl groups excluding tert-OH is 1. The zero-order chi connectivity index (χ0) is 11.5. The number of rotatable bonds is 8. The second kappa shape index (κ2) is 9.56. The predicted molar refractivity (Wildman–Crippen MR) is 60.7 cm³/mol. The fraction of sp³-hybridized carbons (Fsp3) is 0.750. The van der Waals surface area contributed by atoms with Crippen LogP contribution in [0.25, 0.3) is 0 Å². The van der Waals surface area contributed by atoms with Crippen molar-refractivity contribution in [3.05, 3.63) is 11.8 Å². The molecule has 3 nitrogen and oxygen atoms in total. The van der Waals surface area contributed by atoms with Crippen molar-refractivity contribution >= 4 is 5.97 Å². The van der Waals surface area contributed by atoms with Crippen molar-refractivity contribution in [3.63, 3.8) is 0 Å². The number of hydrogen-bond donors (Lipinski definition) is 1. The number of unbranched alkanes of at least 4 members (excludes halogenated alkanes) is 5. The van der Waals surface area contributed by atoms with Gasteiger partial charge in [-0.2, -0.15) is 0 Å². The van der Waals surface area contributed by atoms with E-state index in [1.165, 1.54) is 32.6 Å². The van der Waals surface area contributed by atoms with Crippen LogP contribution in [-0.2, 0) is 9.53 Å². The smallest absolute Gasteiger partial charge is 0.336 e. The van der Waals surface area contributed by atoms with E-state index in [0.29, 0.717) is 6.61 Å². The Labute approximate surface area is 92.1 Å². The van der Waals surface area contributed by atoms with Crippen molar-refractivity contribution in [2.45, 2.75) is 52.4 Å². The molecule has 0 aromatic rings. The van der Waals surface area contributed by atoms with Crippen molar-refractivity contribution in [2.24, 2.45) is 0 Å². The van der Waals surface area contributed by atoms with Crippen LogP contribution in [0.4, 0.5) is 0 Å². The molecule has 0 spiro atoms. The van der Waals surface area contributed by atoms with Crippen LogP contribution >= 0.6 is 0 Å². The number of esters is 1. The lowest BCUT2D eigenvalue weighted by Gasteiger charge is -2.03. The number of aliphatic hydroxyl groups is 1. The van der Waals surface area contributed by atoms with Crippen LogP contribution in [0.5, 0.6) is 0 Å². The van der Waals surface area contributed by atoms with Crippen molar-refractivity contribution < 1.29 is 14.6 Å². The van der Waals surface area contributed by atoms with Gasteiger partial charge in [0.1, 0.15) is 0 Å². The molecule has 0 aliphatic rings. The van der Waals surface area contributed by atoms with Gasteiger partial charge in [0.25, 0.3) is 0 Å². The first-order valence-corrected chi connectivity index (χ1v) is 5.70. The van der Waals surface area contributed by atoms with Crippen LogP contribution in [0, 0.1) is 0 Å². The molecule has 0 unspecified atom stereocenters. The van der Waals surface area contributed by atoms with Gasteiger partial charge in [-0.05, 0) is 13.3 Å². The minimum atomic E-state index is -0.425. The van der Waals surface area contributed by atoms with Gasteiger partial charge in [-0.25, -0.2) is 4.79 Å². The van der Waals surface area contributed by atoms with E-state index >= 15 is 0 Å². The summed E-state index contributed by atoms with van der Waals surface area (Å²) in [5, 5.41) is 8.54. The minimum Gasteiger partial charge on any atom is -0.515 e. The van der Waals surface area contributed by atoms with Gasteiger partial charge >= 0.3 is 5.97 Å². The highest BCUT2D eigenvalue weighted by Crippen LogP contribution is 2.05. The van der Waals surface area contributed by atoms with Crippen LogP contribution in [0.2, 0.25) is 0 Å². The van der Waals surface area contributed by atoms with Crippen LogP contribution in [0.15, 0.2) is 11.8 Å². The lowest BCUT2D eigenvalue weighted by molar-refractivity contribution is -0.139. The molecular weight excluding hydrogens is 192 g/mol. The molecule has 0 amide bonds. The summed E-state index contributed by atoms with van der Waals surface area (Å²) in [6.07, 6.45) is 7.80. The summed E-state index contributed by atoms with van der Waals surface area (Å²) < 4.78 is 4.93. The summed E-state index contributed by atoms with van der Waals surface area (Å²) in [6, 6.07) is 0. The van der Waals surface area contributed by atoms with Crippen LogP contribution in [0.1, 0.15) is 52.4 Å². The Balaban J connectivity index is 3.28. The summed E-state index contributed by atoms with van der Waals surface area (Å²) in [5.41, 5.74) is 0.251. The Hall–Kier alpha value is -0.990. The summed E-state index contributed by atoms with van der Waals surface area (Å²) in [4.78, 5) is 11.1. The normalized spacial score (nSPS) is 11.5. The molecule has 3 heteroatoms. The molecule has 0 heterocycles. The van der Waals surface area contributed by atoms with Gasteiger partial charge < -0.3 is 9.84 Å². The first-order valence-electron chi connectivity index (χ1n) is 5.70. The zero-order valence-corrected chi connectivity index (χ0v) is 9.79. The van der Waals surface area contributed by atoms with Gasteiger partial charge in [-0.1, -0.05) is 39.0 Å². The Kier molecular flexibility index (Phi) is 8.93. The third-order valence-electron chi connectivity index (χ3n) is 2.25. The molecule has 1 N–H and O–H groups in total. The molecule has 0 aliphatic heterocycles. The quantitative estimate of drug-likeness (QED) is 0.292. The molecule has 0 rings (SSSR count). The highest BCUT2D eigenvalue weighted by atomic mass is 16.5. The monoisotopic (exact) mass is 214 g/mol. The van der Waals surface area contributed by atoms with Gasteiger partial charge in [-0.15, -0.1) is 0 Å². The van der Waals surface area contributed by atoms with Crippen LogP contribution in [0.3, 0.4) is 0 Å². The Bertz CT molecular complexity index is 197. The van der Waals surface area contributed by atoms with Gasteiger partial charge in [0.2, 0.25) is 0 Å². The van der Waals surface area contributed by atoms with Crippen molar-refractivity contribution in [1.29, 1.82) is 0 Å². The highest BCUT2D eigenvalue weighted by molar-refractivity contribution is 5.87. The largest absolute Gasteiger partial charge is 0.515 e. The Morgan fingerprint density at radius 1 is 1.20 bits per heavy atom. The summed E-state index contributed by atoms with van der Waals surface area (Å²) in [7, 11) is 0. The maximum atomic E-state index is 11.1. The molecule has 0 bridgehead atoms. The number of carbonyl (C=O) groups is 1. The van der Waals surface area contributed by atoms with Crippen LogP contribution in [-0.4, -0.2) is 17.7 Å². The fourth-order valence-corrected chi connectivity index (χ4v) is 1.21. The maximum Gasteiger partial charge on any atom is 0.336 e. The molecule has 0 radical (unpaired) electrons. The number of ether oxygens (including phenoxy) is 1. The number of hydrogen-bond acceptors (Lipinski definition) is 3. The van der Waals surface area contributed by atoms with Crippen molar-refractivity contribution in [3.8, 4) is 0 Å². The van der Waals surface area contributed by atoms with E-state index in [4.69, 9.17) is 9.84 Å². The average molecular weight is 214 g/mol. The van der Waals surface area contributed by atoms with E-state index in [-0.39, 0.29) is 5.57 Å². The van der Waals surface area contributed by atoms with Crippen molar-refractivity contribution in [2.75, 3.05) is 6.61 Å². The summed E-state index contributed by atoms with van der Waals surface area (Å²) in [5.74, 6) is -0.425. The molecule has 15 heavy (non-hydrogen) atoms. The standard InChI is InChI=1S/C12H22O3/c1-3-4-5-6-7-8-9-15-12(14)11(2)10-13/h10,13H,3-9H2,1-2H3. The predicted octanol–water partition coefficient (Wildman–Crippen LogP) is 3.35. The Morgan fingerprint density at radius 3 is 2.40 bits per heavy atom. The molecule has 0 saturated carbocycles. The van der Waals surface area contributed by atoms with E-state index in [0.717, 1.165) is 19.1 Å². The third kappa shape index (κ3) is 8.03. The molecule has 0 atom stereocenters. The van der Waals surface area contributed by atoms with Gasteiger partial charge in [0.05, 0.1) is 18.4 Å². The molecule has 0 aliphatic carbocycles. The molecule has 0 saturated heterocycles. The lowest BCUT2D eigenvalue weighted by Crippen LogP contribution is -2.06. The Morgan fingerprint density at radius 2 is 1.80 bits per heavy atom. The van der Waals surface area contributed by atoms with E-state index < -0.39 is 5.97 Å². The molecule has 88 valence electrons. The first kappa shape index (κ1) is 14.0. The van der Waals surface area contributed by atoms with E-state index in [1.54, 1.807) is 0 Å². The fourth-order valence-electron chi connectivity index (χ4n) is 1.21. The third-order valence-corrected chi connectivity index (χ3v) is 2.25. The topological polar surface area (TPSA) is 46.5 Å². The average Bonchev–Trinajstić information content (AvgIpc) is 2.26. The van der Waals surface area contributed by atoms with Crippen LogP contribution < -0.4 is 0 Å². The SMILES string of the molecule is CCCCCCCCOC(=O)C(C)=CO. The summed E-state index contributed by atoms with van der Waals surface area (Å²) in [6.45, 7) is 4.17. The zero-order valence-electron chi connectivity index (χ0n) is 9.79. The first-order chi connectivity index (χ1) is 7.22. The van der Waals surface area contributed by atoms with E-state index in [9.17, 15) is 4.79 Å². The van der Waals surface area contributed by atoms with E-state index in [2.05, 4.69) is 6.92 Å². The number of carbonyl (C=O) groups excluding carboxylic acids is 1. The highest BCUT2D eigenvalue weighted by Gasteiger charge is 2.04. The summed E-state index contributed by atoms with van der Waals surface area (Å²) >= 11 is 0. The van der Waals surface area contributed by atoms with Gasteiger partial charge in [-0.3, -0.25) is 0 Å². The second-order valence-corrected chi connectivity index (χ2v) is 3.72. The van der Waals surface area contributed by atoms with Crippen molar-refractivity contribution in [1.82, 2.24) is 0 Å². The molecule has 0 aromatic heterocycles. The van der Waals surface area contributed by atoms with Gasteiger partial charge in [0.15, 0.2) is 0 Å². The molecule has 0 fully saturated rings.